The van der Waals surface area contributed by atoms with Gasteiger partial charge in [0.2, 0.25) is 0 Å². The van der Waals surface area contributed by atoms with E-state index in [1.165, 1.54) is 25.7 Å². The van der Waals surface area contributed by atoms with Gasteiger partial charge >= 0.3 is 5.97 Å². The maximum Gasteiger partial charge on any atom is 0.329 e. The van der Waals surface area contributed by atoms with Gasteiger partial charge in [0, 0.05) is 6.61 Å². The van der Waals surface area contributed by atoms with E-state index < -0.39 is 5.97 Å². The Hall–Kier alpha value is -0.570. The Morgan fingerprint density at radius 1 is 1.15 bits per heavy atom. The Kier molecular flexibility index (Phi) is 16.1. The van der Waals surface area contributed by atoms with Crippen LogP contribution in [0.2, 0.25) is 0 Å². The Morgan fingerprint density at radius 3 is 1.77 bits per heavy atom. The lowest BCUT2D eigenvalue weighted by atomic mass is 10.2. The van der Waals surface area contributed by atoms with Gasteiger partial charge in [-0.1, -0.05) is 39.5 Å². The molecule has 0 unspecified atom stereocenters. The summed E-state index contributed by atoms with van der Waals surface area (Å²) in [6.07, 6.45) is 5.54. The lowest BCUT2D eigenvalue weighted by Crippen LogP contribution is -2.05. The molecule has 0 rings (SSSR count). The average Bonchev–Trinajstić information content (AvgIpc) is 2.12. The second-order valence-electron chi connectivity index (χ2n) is 2.74. The summed E-state index contributed by atoms with van der Waals surface area (Å²) in [6.45, 7) is 6.50. The van der Waals surface area contributed by atoms with E-state index in [9.17, 15) is 4.79 Å². The molecule has 3 nitrogen and oxygen atoms in total. The largest absolute Gasteiger partial charge is 0.480 e. The number of rotatable bonds is 6. The summed E-state index contributed by atoms with van der Waals surface area (Å²) >= 11 is 0. The molecular formula is C10H22O3. The molecule has 0 aliphatic carbocycles. The van der Waals surface area contributed by atoms with E-state index in [0.29, 0.717) is 6.61 Å². The summed E-state index contributed by atoms with van der Waals surface area (Å²) in [5.74, 6) is -0.915. The number of hydrogen-bond donors (Lipinski definition) is 1. The van der Waals surface area contributed by atoms with Crippen LogP contribution in [0.15, 0.2) is 0 Å². The van der Waals surface area contributed by atoms with Gasteiger partial charge in [0.1, 0.15) is 6.61 Å². The minimum atomic E-state index is -0.915. The van der Waals surface area contributed by atoms with Crippen LogP contribution >= 0.6 is 0 Å². The molecule has 80 valence electrons. The monoisotopic (exact) mass is 190 g/mol. The molecular weight excluding hydrogens is 168 g/mol. The van der Waals surface area contributed by atoms with Crippen molar-refractivity contribution < 1.29 is 14.6 Å². The van der Waals surface area contributed by atoms with Crippen LogP contribution in [-0.2, 0) is 9.53 Å². The van der Waals surface area contributed by atoms with Gasteiger partial charge < -0.3 is 9.84 Å². The molecule has 1 N–H and O–H groups in total. The van der Waals surface area contributed by atoms with Crippen molar-refractivity contribution in [3.8, 4) is 0 Å². The number of carboxylic acid groups (broad SMARTS) is 1. The molecule has 0 aliphatic heterocycles. The first-order chi connectivity index (χ1) is 6.18. The van der Waals surface area contributed by atoms with E-state index in [-0.39, 0.29) is 6.61 Å². The summed E-state index contributed by atoms with van der Waals surface area (Å²) in [4.78, 5) is 9.63. The first kappa shape index (κ1) is 14.9. The third-order valence-corrected chi connectivity index (χ3v) is 1.39. The van der Waals surface area contributed by atoms with Crippen molar-refractivity contribution in [3.63, 3.8) is 0 Å². The number of aliphatic carboxylic acids is 1. The van der Waals surface area contributed by atoms with Gasteiger partial charge in [0.25, 0.3) is 0 Å². The second kappa shape index (κ2) is 14.0. The summed E-state index contributed by atoms with van der Waals surface area (Å²) in [5, 5.41) is 7.92. The van der Waals surface area contributed by atoms with E-state index in [4.69, 9.17) is 5.11 Å². The topological polar surface area (TPSA) is 46.5 Å². The molecule has 0 aromatic heterocycles. The van der Waals surface area contributed by atoms with Crippen molar-refractivity contribution in [1.29, 1.82) is 0 Å². The molecule has 0 fully saturated rings. The van der Waals surface area contributed by atoms with Gasteiger partial charge in [-0.15, -0.1) is 0 Å². The van der Waals surface area contributed by atoms with Crippen molar-refractivity contribution in [2.45, 2.75) is 46.5 Å². The van der Waals surface area contributed by atoms with Gasteiger partial charge in [0.05, 0.1) is 0 Å². The number of carbonyl (C=O) groups is 1. The zero-order valence-corrected chi connectivity index (χ0v) is 9.01. The quantitative estimate of drug-likeness (QED) is 0.655. The molecule has 3 heteroatoms. The molecule has 0 aromatic carbocycles. The Morgan fingerprint density at radius 2 is 1.62 bits per heavy atom. The summed E-state index contributed by atoms with van der Waals surface area (Å²) in [7, 11) is 0. The highest BCUT2D eigenvalue weighted by Crippen LogP contribution is 1.95. The number of unbranched alkanes of at least 4 members (excludes halogenated alkanes) is 3. The van der Waals surface area contributed by atoms with E-state index in [1.54, 1.807) is 6.92 Å². The van der Waals surface area contributed by atoms with Gasteiger partial charge in [-0.25, -0.2) is 4.79 Å². The lowest BCUT2D eigenvalue weighted by molar-refractivity contribution is -0.142. The van der Waals surface area contributed by atoms with E-state index in [1.807, 2.05) is 0 Å². The Balaban J connectivity index is 0. The van der Waals surface area contributed by atoms with Crippen LogP contribution in [-0.4, -0.2) is 24.3 Å². The van der Waals surface area contributed by atoms with Crippen molar-refractivity contribution in [2.24, 2.45) is 0 Å². The molecule has 0 aromatic rings. The number of carboxylic acids is 1. The van der Waals surface area contributed by atoms with Gasteiger partial charge in [0.15, 0.2) is 0 Å². The van der Waals surface area contributed by atoms with Crippen LogP contribution in [0, 0.1) is 0 Å². The van der Waals surface area contributed by atoms with Crippen LogP contribution in [0.4, 0.5) is 0 Å². The highest BCUT2D eigenvalue weighted by Gasteiger charge is 1.90. The fraction of sp³-hybridized carbons (Fsp3) is 0.900. The summed E-state index contributed by atoms with van der Waals surface area (Å²) in [6, 6.07) is 0. The minimum Gasteiger partial charge on any atom is -0.480 e. The smallest absolute Gasteiger partial charge is 0.329 e. The molecule has 0 amide bonds. The Bertz CT molecular complexity index is 98.3. The van der Waals surface area contributed by atoms with E-state index in [2.05, 4.69) is 18.6 Å². The van der Waals surface area contributed by atoms with Gasteiger partial charge in [-0.05, 0) is 6.92 Å². The highest BCUT2D eigenvalue weighted by molar-refractivity contribution is 5.67. The molecule has 0 atom stereocenters. The highest BCUT2D eigenvalue weighted by atomic mass is 16.5. The molecule has 0 saturated carbocycles. The van der Waals surface area contributed by atoms with Crippen molar-refractivity contribution in [2.75, 3.05) is 13.2 Å². The van der Waals surface area contributed by atoms with Crippen molar-refractivity contribution >= 4 is 5.97 Å². The zero-order chi connectivity index (χ0) is 10.5. The van der Waals surface area contributed by atoms with Crippen molar-refractivity contribution in [3.05, 3.63) is 0 Å². The Labute approximate surface area is 81.1 Å². The molecule has 0 saturated heterocycles. The van der Waals surface area contributed by atoms with Crippen LogP contribution in [0.25, 0.3) is 0 Å². The molecule has 0 spiro atoms. The SMILES string of the molecule is CCCCCC.CCOCC(=O)O. The average molecular weight is 190 g/mol. The van der Waals surface area contributed by atoms with Crippen LogP contribution < -0.4 is 0 Å². The first-order valence-electron chi connectivity index (χ1n) is 4.98. The van der Waals surface area contributed by atoms with Crippen molar-refractivity contribution in [1.82, 2.24) is 0 Å². The van der Waals surface area contributed by atoms with Crippen LogP contribution in [0.5, 0.6) is 0 Å². The maximum atomic E-state index is 9.63. The lowest BCUT2D eigenvalue weighted by Gasteiger charge is -1.90. The third kappa shape index (κ3) is 24.6. The number of hydrogen-bond acceptors (Lipinski definition) is 2. The maximum absolute atomic E-state index is 9.63. The predicted octanol–water partition coefficient (Wildman–Crippen LogP) is 2.69. The fourth-order valence-corrected chi connectivity index (χ4v) is 0.689. The predicted molar refractivity (Wildman–Crippen MR) is 53.9 cm³/mol. The second-order valence-corrected chi connectivity index (χ2v) is 2.74. The standard InChI is InChI=1S/C6H14.C4H8O3/c1-3-5-6-4-2;1-2-7-3-4(5)6/h3-6H2,1-2H3;2-3H2,1H3,(H,5,6). The molecule has 13 heavy (non-hydrogen) atoms. The molecule has 0 radical (unpaired) electrons. The van der Waals surface area contributed by atoms with Gasteiger partial charge in [-0.2, -0.15) is 0 Å². The third-order valence-electron chi connectivity index (χ3n) is 1.39. The normalized spacial score (nSPS) is 8.85. The zero-order valence-electron chi connectivity index (χ0n) is 9.01. The van der Waals surface area contributed by atoms with Crippen LogP contribution in [0.1, 0.15) is 46.5 Å². The van der Waals surface area contributed by atoms with Gasteiger partial charge in [-0.3, -0.25) is 0 Å². The van der Waals surface area contributed by atoms with E-state index in [0.717, 1.165) is 0 Å². The fourth-order valence-electron chi connectivity index (χ4n) is 0.689. The van der Waals surface area contributed by atoms with E-state index >= 15 is 0 Å². The minimum absolute atomic E-state index is 0.184. The summed E-state index contributed by atoms with van der Waals surface area (Å²) < 4.78 is 4.50. The first-order valence-corrected chi connectivity index (χ1v) is 4.98. The summed E-state index contributed by atoms with van der Waals surface area (Å²) in [5.41, 5.74) is 0. The molecule has 0 bridgehead atoms. The van der Waals surface area contributed by atoms with Crippen LogP contribution in [0.3, 0.4) is 0 Å². The number of ether oxygens (including phenoxy) is 1. The molecule has 0 heterocycles. The molecule has 0 aliphatic rings.